The zero-order chi connectivity index (χ0) is 19.1. The highest BCUT2D eigenvalue weighted by atomic mass is 35.5. The van der Waals surface area contributed by atoms with Crippen molar-refractivity contribution in [3.8, 4) is 0 Å². The van der Waals surface area contributed by atoms with Gasteiger partial charge in [-0.1, -0.05) is 142 Å². The molecule has 1 atom stereocenters. The van der Waals surface area contributed by atoms with Gasteiger partial charge in [-0.3, -0.25) is 0 Å². The van der Waals surface area contributed by atoms with Crippen LogP contribution in [0.25, 0.3) is 0 Å². The molecule has 0 aromatic carbocycles. The van der Waals surface area contributed by atoms with E-state index in [2.05, 4.69) is 13.8 Å². The molecule has 0 saturated heterocycles. The Balaban J connectivity index is 3.03. The van der Waals surface area contributed by atoms with Gasteiger partial charge < -0.3 is 0 Å². The van der Waals surface area contributed by atoms with E-state index < -0.39 is 0 Å². The predicted molar refractivity (Wildman–Crippen MR) is 123 cm³/mol. The van der Waals surface area contributed by atoms with E-state index in [-0.39, 0.29) is 0 Å². The summed E-state index contributed by atoms with van der Waals surface area (Å²) >= 11 is 6.34. The number of rotatable bonds is 22. The molecule has 0 bridgehead atoms. The van der Waals surface area contributed by atoms with Crippen LogP contribution in [-0.2, 0) is 0 Å². The third-order valence-corrected chi connectivity index (χ3v) is 6.18. The van der Waals surface area contributed by atoms with Crippen LogP contribution in [0.1, 0.15) is 155 Å². The van der Waals surface area contributed by atoms with E-state index in [1.54, 1.807) is 0 Å². The lowest BCUT2D eigenvalue weighted by molar-refractivity contribution is 0.519. The number of alkyl halides is 1. The third-order valence-electron chi connectivity index (χ3n) is 5.74. The van der Waals surface area contributed by atoms with Gasteiger partial charge in [0.25, 0.3) is 0 Å². The van der Waals surface area contributed by atoms with Crippen LogP contribution in [0.15, 0.2) is 0 Å². The molecule has 0 amide bonds. The maximum absolute atomic E-state index is 6.34. The average molecular weight is 387 g/mol. The number of hydrogen-bond donors (Lipinski definition) is 0. The molecule has 0 aliphatic rings. The molecule has 158 valence electrons. The zero-order valence-electron chi connectivity index (χ0n) is 18.5. The fourth-order valence-electron chi connectivity index (χ4n) is 3.84. The van der Waals surface area contributed by atoms with Crippen molar-refractivity contribution in [1.82, 2.24) is 0 Å². The molecule has 0 nitrogen and oxygen atoms in total. The second-order valence-electron chi connectivity index (χ2n) is 8.54. The third kappa shape index (κ3) is 22.3. The topological polar surface area (TPSA) is 0 Å². The number of unbranched alkanes of at least 4 members (excludes halogenated alkanes) is 18. The standard InChI is InChI=1S/C25H51Cl/c1-3-5-7-8-9-10-11-12-13-14-15-16-17-18-19-20-21-22-24-25(26)23-6-4-2/h25H,3-24H2,1-2H3. The van der Waals surface area contributed by atoms with Gasteiger partial charge in [0.05, 0.1) is 0 Å². The quantitative estimate of drug-likeness (QED) is 0.128. The fourth-order valence-corrected chi connectivity index (χ4v) is 4.15. The zero-order valence-corrected chi connectivity index (χ0v) is 19.3. The Morgan fingerprint density at radius 3 is 1.00 bits per heavy atom. The highest BCUT2D eigenvalue weighted by Crippen LogP contribution is 2.17. The Bertz CT molecular complexity index is 238. The fraction of sp³-hybridized carbons (Fsp3) is 1.00. The van der Waals surface area contributed by atoms with Gasteiger partial charge in [0.2, 0.25) is 0 Å². The molecule has 0 rings (SSSR count). The highest BCUT2D eigenvalue weighted by molar-refractivity contribution is 6.20. The largest absolute Gasteiger partial charge is 0.123 e. The van der Waals surface area contributed by atoms with Crippen molar-refractivity contribution >= 4 is 11.6 Å². The van der Waals surface area contributed by atoms with Crippen LogP contribution in [0, 0.1) is 0 Å². The number of hydrogen-bond acceptors (Lipinski definition) is 0. The molecule has 0 aliphatic carbocycles. The molecule has 0 saturated carbocycles. The molecular formula is C25H51Cl. The molecule has 0 aliphatic heterocycles. The van der Waals surface area contributed by atoms with E-state index in [0.717, 1.165) is 0 Å². The van der Waals surface area contributed by atoms with Gasteiger partial charge in [-0.05, 0) is 12.8 Å². The van der Waals surface area contributed by atoms with Gasteiger partial charge in [0.15, 0.2) is 0 Å². The van der Waals surface area contributed by atoms with Crippen LogP contribution < -0.4 is 0 Å². The summed E-state index contributed by atoms with van der Waals surface area (Å²) in [5.41, 5.74) is 0. The van der Waals surface area contributed by atoms with Crippen LogP contribution >= 0.6 is 11.6 Å². The Kier molecular flexibility index (Phi) is 23.6. The van der Waals surface area contributed by atoms with E-state index in [4.69, 9.17) is 11.6 Å². The maximum atomic E-state index is 6.34. The first-order chi connectivity index (χ1) is 12.8. The summed E-state index contributed by atoms with van der Waals surface area (Å²) in [4.78, 5) is 0. The summed E-state index contributed by atoms with van der Waals surface area (Å²) in [5, 5.41) is 0.441. The molecule has 0 aromatic rings. The highest BCUT2D eigenvalue weighted by Gasteiger charge is 2.03. The second kappa shape index (κ2) is 23.3. The number of halogens is 1. The van der Waals surface area contributed by atoms with E-state index in [1.165, 1.54) is 141 Å². The van der Waals surface area contributed by atoms with Crippen molar-refractivity contribution in [1.29, 1.82) is 0 Å². The molecule has 0 radical (unpaired) electrons. The van der Waals surface area contributed by atoms with Crippen molar-refractivity contribution in [3.63, 3.8) is 0 Å². The lowest BCUT2D eigenvalue weighted by Gasteiger charge is -2.08. The molecule has 0 spiro atoms. The predicted octanol–water partition coefficient (Wildman–Crippen LogP) is 10.2. The van der Waals surface area contributed by atoms with Crippen molar-refractivity contribution in [2.75, 3.05) is 0 Å². The monoisotopic (exact) mass is 386 g/mol. The summed E-state index contributed by atoms with van der Waals surface area (Å²) in [6.07, 6.45) is 31.1. The molecule has 0 aromatic heterocycles. The Labute approximate surface area is 172 Å². The maximum Gasteiger partial charge on any atom is 0.0336 e. The van der Waals surface area contributed by atoms with Crippen LogP contribution in [0.5, 0.6) is 0 Å². The Morgan fingerprint density at radius 2 is 0.654 bits per heavy atom. The van der Waals surface area contributed by atoms with Gasteiger partial charge in [-0.15, -0.1) is 11.6 Å². The minimum atomic E-state index is 0.441. The summed E-state index contributed by atoms with van der Waals surface area (Å²) in [6.45, 7) is 4.55. The second-order valence-corrected chi connectivity index (χ2v) is 9.16. The first-order valence-electron chi connectivity index (χ1n) is 12.4. The molecule has 1 heteroatoms. The lowest BCUT2D eigenvalue weighted by Crippen LogP contribution is -1.97. The summed E-state index contributed by atoms with van der Waals surface area (Å²) in [7, 11) is 0. The minimum Gasteiger partial charge on any atom is -0.123 e. The normalized spacial score (nSPS) is 12.6. The molecular weight excluding hydrogens is 336 g/mol. The van der Waals surface area contributed by atoms with Gasteiger partial charge in [0.1, 0.15) is 0 Å². The van der Waals surface area contributed by atoms with Crippen molar-refractivity contribution in [2.24, 2.45) is 0 Å². The molecule has 0 N–H and O–H groups in total. The molecule has 1 unspecified atom stereocenters. The van der Waals surface area contributed by atoms with E-state index in [1.807, 2.05) is 0 Å². The van der Waals surface area contributed by atoms with Crippen LogP contribution in [0.4, 0.5) is 0 Å². The first-order valence-corrected chi connectivity index (χ1v) is 12.9. The van der Waals surface area contributed by atoms with Crippen molar-refractivity contribution in [2.45, 2.75) is 160 Å². The van der Waals surface area contributed by atoms with Crippen molar-refractivity contribution < 1.29 is 0 Å². The van der Waals surface area contributed by atoms with Crippen LogP contribution in [-0.4, -0.2) is 5.38 Å². The van der Waals surface area contributed by atoms with Crippen LogP contribution in [0.2, 0.25) is 0 Å². The van der Waals surface area contributed by atoms with Crippen molar-refractivity contribution in [3.05, 3.63) is 0 Å². The Morgan fingerprint density at radius 1 is 0.385 bits per heavy atom. The summed E-state index contributed by atoms with van der Waals surface area (Å²) < 4.78 is 0. The minimum absolute atomic E-state index is 0.441. The summed E-state index contributed by atoms with van der Waals surface area (Å²) in [6, 6.07) is 0. The van der Waals surface area contributed by atoms with E-state index in [9.17, 15) is 0 Å². The van der Waals surface area contributed by atoms with E-state index >= 15 is 0 Å². The molecule has 26 heavy (non-hydrogen) atoms. The first kappa shape index (κ1) is 26.3. The van der Waals surface area contributed by atoms with Gasteiger partial charge in [-0.2, -0.15) is 0 Å². The van der Waals surface area contributed by atoms with Gasteiger partial charge in [0, 0.05) is 5.38 Å². The Hall–Kier alpha value is 0.290. The average Bonchev–Trinajstić information content (AvgIpc) is 2.65. The molecule has 0 heterocycles. The van der Waals surface area contributed by atoms with Gasteiger partial charge >= 0.3 is 0 Å². The SMILES string of the molecule is CCCCCCCCCCCCCCCCCCCCC(Cl)CCCC. The lowest BCUT2D eigenvalue weighted by atomic mass is 10.0. The molecule has 0 fully saturated rings. The van der Waals surface area contributed by atoms with Gasteiger partial charge in [-0.25, -0.2) is 0 Å². The van der Waals surface area contributed by atoms with E-state index in [0.29, 0.717) is 5.38 Å². The van der Waals surface area contributed by atoms with Crippen LogP contribution in [0.3, 0.4) is 0 Å². The smallest absolute Gasteiger partial charge is 0.0336 e. The summed E-state index contributed by atoms with van der Waals surface area (Å²) in [5.74, 6) is 0.